The van der Waals surface area contributed by atoms with Gasteiger partial charge in [-0.15, -0.1) is 0 Å². The first kappa shape index (κ1) is 13.9. The largest absolute Gasteiger partial charge is 0.490 e. The van der Waals surface area contributed by atoms with E-state index in [9.17, 15) is 0 Å². The molecular formula is C17H25NO2. The molecule has 2 fully saturated rings. The van der Waals surface area contributed by atoms with E-state index in [1.165, 1.54) is 24.8 Å². The first-order valence-corrected chi connectivity index (χ1v) is 7.75. The third kappa shape index (κ3) is 2.70. The molecule has 1 aliphatic carbocycles. The molecule has 2 aliphatic rings. The Hall–Kier alpha value is -1.06. The fraction of sp³-hybridized carbons (Fsp3) is 0.647. The Morgan fingerprint density at radius 1 is 1.40 bits per heavy atom. The SMILES string of the molecule is Cc1ccc(OC2CCOC3(CCC3)C2)c([C@H](C)N)c1. The van der Waals surface area contributed by atoms with Gasteiger partial charge in [-0.25, -0.2) is 0 Å². The van der Waals surface area contributed by atoms with Crippen molar-refractivity contribution in [2.45, 2.75) is 63.7 Å². The van der Waals surface area contributed by atoms with Crippen molar-refractivity contribution in [3.63, 3.8) is 0 Å². The van der Waals surface area contributed by atoms with E-state index in [0.717, 1.165) is 30.8 Å². The predicted octanol–water partition coefficient (Wildman–Crippen LogP) is 3.50. The Balaban J connectivity index is 1.74. The average molecular weight is 275 g/mol. The van der Waals surface area contributed by atoms with Gasteiger partial charge in [-0.3, -0.25) is 0 Å². The Bertz CT molecular complexity index is 480. The molecule has 1 saturated heterocycles. The molecule has 3 nitrogen and oxygen atoms in total. The van der Waals surface area contributed by atoms with Crippen LogP contribution in [-0.2, 0) is 4.74 Å². The minimum absolute atomic E-state index is 0.00223. The lowest BCUT2D eigenvalue weighted by molar-refractivity contribution is -0.153. The van der Waals surface area contributed by atoms with Crippen molar-refractivity contribution >= 4 is 0 Å². The molecule has 0 amide bonds. The van der Waals surface area contributed by atoms with Gasteiger partial charge >= 0.3 is 0 Å². The second-order valence-electron chi connectivity index (χ2n) is 6.45. The highest BCUT2D eigenvalue weighted by atomic mass is 16.5. The van der Waals surface area contributed by atoms with Crippen LogP contribution in [0.4, 0.5) is 0 Å². The minimum atomic E-state index is 0.00223. The number of ether oxygens (including phenoxy) is 2. The normalized spacial score (nSPS) is 26.1. The summed E-state index contributed by atoms with van der Waals surface area (Å²) in [6.07, 6.45) is 5.96. The molecule has 1 aromatic rings. The third-order valence-electron chi connectivity index (χ3n) is 4.66. The zero-order valence-corrected chi connectivity index (χ0v) is 12.5. The van der Waals surface area contributed by atoms with Gasteiger partial charge in [-0.05, 0) is 39.2 Å². The standard InChI is InChI=1S/C17H25NO2/c1-12-4-5-16(15(10-12)13(2)18)20-14-6-9-19-17(11-14)7-3-8-17/h4-5,10,13-14H,3,6-9,11,18H2,1-2H3/t13-,14?/m0/s1. The van der Waals surface area contributed by atoms with Crippen molar-refractivity contribution in [3.8, 4) is 5.75 Å². The van der Waals surface area contributed by atoms with Crippen LogP contribution in [0.25, 0.3) is 0 Å². The van der Waals surface area contributed by atoms with Crippen molar-refractivity contribution < 1.29 is 9.47 Å². The molecule has 20 heavy (non-hydrogen) atoms. The highest BCUT2D eigenvalue weighted by molar-refractivity contribution is 5.39. The molecule has 3 heteroatoms. The van der Waals surface area contributed by atoms with Crippen molar-refractivity contribution in [3.05, 3.63) is 29.3 Å². The van der Waals surface area contributed by atoms with E-state index in [4.69, 9.17) is 15.2 Å². The third-order valence-corrected chi connectivity index (χ3v) is 4.66. The van der Waals surface area contributed by atoms with E-state index in [0.29, 0.717) is 0 Å². The van der Waals surface area contributed by atoms with Crippen LogP contribution >= 0.6 is 0 Å². The topological polar surface area (TPSA) is 44.5 Å². The first-order chi connectivity index (χ1) is 9.58. The monoisotopic (exact) mass is 275 g/mol. The molecule has 110 valence electrons. The lowest BCUT2D eigenvalue weighted by Crippen LogP contribution is -2.48. The summed E-state index contributed by atoms with van der Waals surface area (Å²) in [6.45, 7) is 4.93. The second kappa shape index (κ2) is 5.38. The van der Waals surface area contributed by atoms with Crippen molar-refractivity contribution in [2.24, 2.45) is 5.73 Å². The summed E-state index contributed by atoms with van der Waals surface area (Å²) in [4.78, 5) is 0. The molecule has 3 rings (SSSR count). The average Bonchev–Trinajstić information content (AvgIpc) is 2.39. The Kier molecular flexibility index (Phi) is 3.74. The van der Waals surface area contributed by atoms with Crippen molar-refractivity contribution in [2.75, 3.05) is 6.61 Å². The van der Waals surface area contributed by atoms with E-state index >= 15 is 0 Å². The van der Waals surface area contributed by atoms with Crippen LogP contribution in [0, 0.1) is 6.92 Å². The number of aryl methyl sites for hydroxylation is 1. The Morgan fingerprint density at radius 2 is 2.20 bits per heavy atom. The first-order valence-electron chi connectivity index (χ1n) is 7.75. The van der Waals surface area contributed by atoms with Crippen LogP contribution < -0.4 is 10.5 Å². The number of hydrogen-bond acceptors (Lipinski definition) is 3. The van der Waals surface area contributed by atoms with Gasteiger partial charge in [0.1, 0.15) is 11.9 Å². The Labute approximate surface area is 121 Å². The highest BCUT2D eigenvalue weighted by Crippen LogP contribution is 2.43. The summed E-state index contributed by atoms with van der Waals surface area (Å²) in [5.74, 6) is 0.951. The molecule has 2 N–H and O–H groups in total. The maximum atomic E-state index is 6.27. The summed E-state index contributed by atoms with van der Waals surface area (Å²) in [7, 11) is 0. The van der Waals surface area contributed by atoms with Gasteiger partial charge in [0.25, 0.3) is 0 Å². The fourth-order valence-corrected chi connectivity index (χ4v) is 3.31. The van der Waals surface area contributed by atoms with E-state index in [1.54, 1.807) is 0 Å². The minimum Gasteiger partial charge on any atom is -0.490 e. The summed E-state index contributed by atoms with van der Waals surface area (Å²) in [5.41, 5.74) is 8.54. The Morgan fingerprint density at radius 3 is 2.85 bits per heavy atom. The van der Waals surface area contributed by atoms with Gasteiger partial charge < -0.3 is 15.2 Å². The number of benzene rings is 1. The van der Waals surface area contributed by atoms with Gasteiger partial charge in [0.05, 0.1) is 12.2 Å². The maximum absolute atomic E-state index is 6.27. The summed E-state index contributed by atoms with van der Waals surface area (Å²) < 4.78 is 12.2. The quantitative estimate of drug-likeness (QED) is 0.918. The van der Waals surface area contributed by atoms with Gasteiger partial charge in [0.15, 0.2) is 0 Å². The van der Waals surface area contributed by atoms with Gasteiger partial charge in [0, 0.05) is 24.4 Å². The molecule has 1 saturated carbocycles. The van der Waals surface area contributed by atoms with Crippen LogP contribution in [0.3, 0.4) is 0 Å². The second-order valence-corrected chi connectivity index (χ2v) is 6.45. The van der Waals surface area contributed by atoms with Crippen LogP contribution in [0.1, 0.15) is 56.2 Å². The zero-order chi connectivity index (χ0) is 14.2. The number of hydrogen-bond donors (Lipinski definition) is 1. The number of nitrogens with two attached hydrogens (primary N) is 1. The highest BCUT2D eigenvalue weighted by Gasteiger charge is 2.43. The zero-order valence-electron chi connectivity index (χ0n) is 12.5. The molecule has 2 atom stereocenters. The van der Waals surface area contributed by atoms with Crippen LogP contribution in [0.15, 0.2) is 18.2 Å². The van der Waals surface area contributed by atoms with Crippen molar-refractivity contribution in [1.82, 2.24) is 0 Å². The summed E-state index contributed by atoms with van der Waals surface area (Å²) >= 11 is 0. The fourth-order valence-electron chi connectivity index (χ4n) is 3.31. The molecule has 1 unspecified atom stereocenters. The van der Waals surface area contributed by atoms with Gasteiger partial charge in [-0.2, -0.15) is 0 Å². The van der Waals surface area contributed by atoms with Crippen molar-refractivity contribution in [1.29, 1.82) is 0 Å². The predicted molar refractivity (Wildman–Crippen MR) is 80.0 cm³/mol. The smallest absolute Gasteiger partial charge is 0.124 e. The molecule has 0 bridgehead atoms. The van der Waals surface area contributed by atoms with Crippen LogP contribution in [-0.4, -0.2) is 18.3 Å². The van der Waals surface area contributed by atoms with E-state index in [-0.39, 0.29) is 17.7 Å². The molecular weight excluding hydrogens is 250 g/mol. The number of rotatable bonds is 3. The molecule has 1 spiro atoms. The van der Waals surface area contributed by atoms with Gasteiger partial charge in [-0.1, -0.05) is 17.7 Å². The lowest BCUT2D eigenvalue weighted by Gasteiger charge is -2.47. The van der Waals surface area contributed by atoms with Gasteiger partial charge in [0.2, 0.25) is 0 Å². The van der Waals surface area contributed by atoms with E-state index < -0.39 is 0 Å². The molecule has 0 aromatic heterocycles. The molecule has 1 aliphatic heterocycles. The van der Waals surface area contributed by atoms with E-state index in [1.807, 2.05) is 6.92 Å². The molecule has 0 radical (unpaired) electrons. The summed E-state index contributed by atoms with van der Waals surface area (Å²) in [6, 6.07) is 6.30. The summed E-state index contributed by atoms with van der Waals surface area (Å²) in [5, 5.41) is 0. The van der Waals surface area contributed by atoms with Crippen LogP contribution in [0.5, 0.6) is 5.75 Å². The molecule has 1 heterocycles. The van der Waals surface area contributed by atoms with Crippen LogP contribution in [0.2, 0.25) is 0 Å². The van der Waals surface area contributed by atoms with E-state index in [2.05, 4.69) is 25.1 Å². The maximum Gasteiger partial charge on any atom is 0.124 e. The molecule has 1 aromatic carbocycles. The lowest BCUT2D eigenvalue weighted by atomic mass is 9.74.